The van der Waals surface area contributed by atoms with Crippen molar-refractivity contribution >= 4 is 5.91 Å². The van der Waals surface area contributed by atoms with Gasteiger partial charge in [-0.05, 0) is 37.3 Å². The van der Waals surface area contributed by atoms with E-state index in [0.717, 1.165) is 5.56 Å². The molecule has 0 saturated carbocycles. The van der Waals surface area contributed by atoms with Crippen LogP contribution >= 0.6 is 0 Å². The van der Waals surface area contributed by atoms with Gasteiger partial charge in [0.2, 0.25) is 0 Å². The maximum absolute atomic E-state index is 12.9. The molecule has 0 radical (unpaired) electrons. The first-order valence-electron chi connectivity index (χ1n) is 6.22. The molecule has 1 aromatic carbocycles. The van der Waals surface area contributed by atoms with Gasteiger partial charge in [-0.3, -0.25) is 9.89 Å². The highest BCUT2D eigenvalue weighted by atomic mass is 19.1. The third kappa shape index (κ3) is 2.85. The van der Waals surface area contributed by atoms with Gasteiger partial charge in [-0.25, -0.2) is 4.39 Å². The van der Waals surface area contributed by atoms with E-state index in [9.17, 15) is 9.18 Å². The predicted octanol–water partition coefficient (Wildman–Crippen LogP) is 1.67. The number of aliphatic hydroxyl groups excluding tert-OH is 1. The van der Waals surface area contributed by atoms with Crippen molar-refractivity contribution in [3.8, 4) is 11.3 Å². The van der Waals surface area contributed by atoms with Gasteiger partial charge in [0, 0.05) is 12.6 Å². The number of amides is 1. The molecule has 6 heteroatoms. The average molecular weight is 277 g/mol. The number of carbonyl (C=O) groups is 1. The molecule has 0 aliphatic heterocycles. The number of rotatable bonds is 4. The third-order valence-corrected chi connectivity index (χ3v) is 3.19. The van der Waals surface area contributed by atoms with Crippen LogP contribution in [-0.4, -0.2) is 45.8 Å². The van der Waals surface area contributed by atoms with Crippen molar-refractivity contribution in [1.29, 1.82) is 0 Å². The largest absolute Gasteiger partial charge is 0.394 e. The third-order valence-electron chi connectivity index (χ3n) is 3.19. The molecular formula is C14H16FN3O2. The normalized spacial score (nSPS) is 12.2. The summed E-state index contributed by atoms with van der Waals surface area (Å²) < 4.78 is 12.9. The molecule has 1 amide bonds. The Hall–Kier alpha value is -2.21. The molecule has 1 unspecified atom stereocenters. The lowest BCUT2D eigenvalue weighted by atomic mass is 10.1. The van der Waals surface area contributed by atoms with E-state index in [1.54, 1.807) is 32.2 Å². The Morgan fingerprint density at radius 2 is 2.10 bits per heavy atom. The number of aromatic nitrogens is 2. The van der Waals surface area contributed by atoms with Crippen LogP contribution in [0, 0.1) is 5.82 Å². The summed E-state index contributed by atoms with van der Waals surface area (Å²) in [5, 5.41) is 15.8. The molecule has 2 N–H and O–H groups in total. The quantitative estimate of drug-likeness (QED) is 0.893. The van der Waals surface area contributed by atoms with E-state index in [2.05, 4.69) is 10.2 Å². The van der Waals surface area contributed by atoms with Crippen molar-refractivity contribution in [2.75, 3.05) is 13.7 Å². The fraction of sp³-hybridized carbons (Fsp3) is 0.286. The highest BCUT2D eigenvalue weighted by molar-refractivity contribution is 5.93. The number of hydrogen-bond donors (Lipinski definition) is 2. The number of halogens is 1. The zero-order valence-electron chi connectivity index (χ0n) is 11.3. The van der Waals surface area contributed by atoms with Crippen LogP contribution in [-0.2, 0) is 0 Å². The minimum absolute atomic E-state index is 0.110. The minimum Gasteiger partial charge on any atom is -0.394 e. The van der Waals surface area contributed by atoms with E-state index in [1.807, 2.05) is 0 Å². The first kappa shape index (κ1) is 14.2. The molecule has 5 nitrogen and oxygen atoms in total. The molecular weight excluding hydrogens is 261 g/mol. The number of aliphatic hydroxyl groups is 1. The Kier molecular flexibility index (Phi) is 4.14. The van der Waals surface area contributed by atoms with Gasteiger partial charge >= 0.3 is 0 Å². The Balaban J connectivity index is 2.20. The fourth-order valence-electron chi connectivity index (χ4n) is 1.71. The molecule has 2 rings (SSSR count). The number of likely N-dealkylation sites (N-methyl/N-ethyl adjacent to an activating group) is 1. The van der Waals surface area contributed by atoms with E-state index in [1.165, 1.54) is 17.0 Å². The first-order chi connectivity index (χ1) is 9.52. The summed E-state index contributed by atoms with van der Waals surface area (Å²) in [6.45, 7) is 1.64. The number of carbonyl (C=O) groups excluding carboxylic acids is 1. The van der Waals surface area contributed by atoms with Crippen LogP contribution in [0.25, 0.3) is 11.3 Å². The maximum Gasteiger partial charge on any atom is 0.271 e. The molecule has 0 aliphatic carbocycles. The molecule has 0 fully saturated rings. The number of benzene rings is 1. The number of H-pyrrole nitrogens is 1. The molecule has 1 aromatic heterocycles. The highest BCUT2D eigenvalue weighted by Gasteiger charge is 2.19. The van der Waals surface area contributed by atoms with Gasteiger partial charge in [-0.2, -0.15) is 5.10 Å². The standard InChI is InChI=1S/C14H16FN3O2/c1-9(8-19)18(2)14(20)13-7-12(16-17-13)10-3-5-11(15)6-4-10/h3-7,9,19H,8H2,1-2H3,(H,16,17). The van der Waals surface area contributed by atoms with E-state index in [0.29, 0.717) is 11.4 Å². The molecule has 2 aromatic rings. The van der Waals surface area contributed by atoms with Crippen LogP contribution in [0.4, 0.5) is 4.39 Å². The number of hydrogen-bond acceptors (Lipinski definition) is 3. The predicted molar refractivity (Wildman–Crippen MR) is 72.6 cm³/mol. The van der Waals surface area contributed by atoms with Crippen molar-refractivity contribution < 1.29 is 14.3 Å². The van der Waals surface area contributed by atoms with Crippen molar-refractivity contribution in [3.63, 3.8) is 0 Å². The molecule has 1 heterocycles. The van der Waals surface area contributed by atoms with Crippen LogP contribution in [0.2, 0.25) is 0 Å². The van der Waals surface area contributed by atoms with Gasteiger partial charge in [-0.15, -0.1) is 0 Å². The summed E-state index contributed by atoms with van der Waals surface area (Å²) in [5.74, 6) is -0.579. The number of nitrogens with one attached hydrogen (secondary N) is 1. The SMILES string of the molecule is CC(CO)N(C)C(=O)c1cc(-c2ccc(F)cc2)n[nH]1. The van der Waals surface area contributed by atoms with Crippen LogP contribution in [0.15, 0.2) is 30.3 Å². The van der Waals surface area contributed by atoms with Gasteiger partial charge in [0.1, 0.15) is 11.5 Å². The maximum atomic E-state index is 12.9. The molecule has 20 heavy (non-hydrogen) atoms. The summed E-state index contributed by atoms with van der Waals surface area (Å²) >= 11 is 0. The van der Waals surface area contributed by atoms with Gasteiger partial charge < -0.3 is 10.0 Å². The van der Waals surface area contributed by atoms with E-state index in [-0.39, 0.29) is 24.4 Å². The first-order valence-corrected chi connectivity index (χ1v) is 6.22. The monoisotopic (exact) mass is 277 g/mol. The Morgan fingerprint density at radius 1 is 1.45 bits per heavy atom. The van der Waals surface area contributed by atoms with E-state index >= 15 is 0 Å². The zero-order valence-corrected chi connectivity index (χ0v) is 11.3. The van der Waals surface area contributed by atoms with Crippen LogP contribution < -0.4 is 0 Å². The topological polar surface area (TPSA) is 69.2 Å². The van der Waals surface area contributed by atoms with Crippen molar-refractivity contribution in [2.45, 2.75) is 13.0 Å². The van der Waals surface area contributed by atoms with Gasteiger partial charge in [0.15, 0.2) is 0 Å². The van der Waals surface area contributed by atoms with Gasteiger partial charge in [0.25, 0.3) is 5.91 Å². The molecule has 0 saturated heterocycles. The summed E-state index contributed by atoms with van der Waals surface area (Å²) in [4.78, 5) is 13.6. The second kappa shape index (κ2) is 5.83. The van der Waals surface area contributed by atoms with E-state index < -0.39 is 0 Å². The van der Waals surface area contributed by atoms with Crippen LogP contribution in [0.1, 0.15) is 17.4 Å². The summed E-state index contributed by atoms with van der Waals surface area (Å²) in [6.07, 6.45) is 0. The van der Waals surface area contributed by atoms with Crippen molar-refractivity contribution in [3.05, 3.63) is 41.8 Å². The Bertz CT molecular complexity index is 595. The fourth-order valence-corrected chi connectivity index (χ4v) is 1.71. The molecule has 0 bridgehead atoms. The highest BCUT2D eigenvalue weighted by Crippen LogP contribution is 2.18. The van der Waals surface area contributed by atoms with Crippen LogP contribution in [0.3, 0.4) is 0 Å². The molecule has 0 spiro atoms. The number of nitrogens with zero attached hydrogens (tertiary/aromatic N) is 2. The summed E-state index contributed by atoms with van der Waals surface area (Å²) in [7, 11) is 1.61. The van der Waals surface area contributed by atoms with Crippen molar-refractivity contribution in [1.82, 2.24) is 15.1 Å². The number of aromatic amines is 1. The van der Waals surface area contributed by atoms with Crippen molar-refractivity contribution in [2.24, 2.45) is 0 Å². The minimum atomic E-state index is -0.322. The zero-order chi connectivity index (χ0) is 14.7. The average Bonchev–Trinajstić information content (AvgIpc) is 2.95. The Labute approximate surface area is 116 Å². The Morgan fingerprint density at radius 3 is 2.70 bits per heavy atom. The van der Waals surface area contributed by atoms with E-state index in [4.69, 9.17) is 5.11 Å². The molecule has 106 valence electrons. The van der Waals surface area contributed by atoms with Gasteiger partial charge in [-0.1, -0.05) is 0 Å². The second-order valence-corrected chi connectivity index (χ2v) is 4.62. The smallest absolute Gasteiger partial charge is 0.271 e. The molecule has 0 aliphatic rings. The lowest BCUT2D eigenvalue weighted by Crippen LogP contribution is -2.37. The summed E-state index contributed by atoms with van der Waals surface area (Å²) in [6, 6.07) is 7.20. The summed E-state index contributed by atoms with van der Waals surface area (Å²) in [5.41, 5.74) is 1.62. The molecule has 1 atom stereocenters. The lowest BCUT2D eigenvalue weighted by Gasteiger charge is -2.22. The second-order valence-electron chi connectivity index (χ2n) is 4.62. The van der Waals surface area contributed by atoms with Crippen LogP contribution in [0.5, 0.6) is 0 Å². The van der Waals surface area contributed by atoms with Gasteiger partial charge in [0.05, 0.1) is 18.3 Å². The lowest BCUT2D eigenvalue weighted by molar-refractivity contribution is 0.0676.